The lowest BCUT2D eigenvalue weighted by atomic mass is 10.2. The van der Waals surface area contributed by atoms with Gasteiger partial charge in [0.1, 0.15) is 11.9 Å². The van der Waals surface area contributed by atoms with E-state index in [0.29, 0.717) is 17.2 Å². The number of nitrogens with one attached hydrogen (secondary N) is 2. The molecule has 2 N–H and O–H groups in total. The van der Waals surface area contributed by atoms with Crippen LogP contribution in [-0.2, 0) is 0 Å². The van der Waals surface area contributed by atoms with Gasteiger partial charge in [0.05, 0.1) is 11.3 Å². The summed E-state index contributed by atoms with van der Waals surface area (Å²) in [6.45, 7) is 4.88. The van der Waals surface area contributed by atoms with Crippen molar-refractivity contribution in [3.8, 4) is 6.07 Å². The number of para-hydroxylation sites is 1. The van der Waals surface area contributed by atoms with Crippen LogP contribution >= 0.6 is 0 Å². The van der Waals surface area contributed by atoms with E-state index in [-0.39, 0.29) is 0 Å². The molecule has 1 heterocycles. The minimum atomic E-state index is 0.492. The van der Waals surface area contributed by atoms with Crippen LogP contribution in [-0.4, -0.2) is 16.5 Å². The fraction of sp³-hybridized carbons (Fsp3) is 0.267. The summed E-state index contributed by atoms with van der Waals surface area (Å²) in [4.78, 5) is 8.74. The van der Waals surface area contributed by atoms with Crippen molar-refractivity contribution in [2.45, 2.75) is 20.3 Å². The lowest BCUT2D eigenvalue weighted by Crippen LogP contribution is -2.06. The number of aryl methyl sites for hydroxylation is 1. The van der Waals surface area contributed by atoms with Crippen molar-refractivity contribution < 1.29 is 0 Å². The van der Waals surface area contributed by atoms with Crippen molar-refractivity contribution in [3.63, 3.8) is 0 Å². The number of hydrogen-bond donors (Lipinski definition) is 2. The Hall–Kier alpha value is -2.61. The molecule has 0 saturated heterocycles. The summed E-state index contributed by atoms with van der Waals surface area (Å²) in [5.41, 5.74) is 2.15. The molecule has 2 rings (SSSR count). The van der Waals surface area contributed by atoms with Crippen molar-refractivity contribution in [2.24, 2.45) is 0 Å². The lowest BCUT2D eigenvalue weighted by Gasteiger charge is -2.10. The zero-order valence-corrected chi connectivity index (χ0v) is 11.6. The van der Waals surface area contributed by atoms with E-state index in [4.69, 9.17) is 5.26 Å². The summed E-state index contributed by atoms with van der Waals surface area (Å²) in [7, 11) is 0. The van der Waals surface area contributed by atoms with E-state index in [0.717, 1.165) is 24.5 Å². The van der Waals surface area contributed by atoms with Crippen LogP contribution < -0.4 is 10.6 Å². The molecule has 0 amide bonds. The largest absolute Gasteiger partial charge is 0.370 e. The van der Waals surface area contributed by atoms with Gasteiger partial charge in [-0.25, -0.2) is 4.98 Å². The molecule has 5 nitrogen and oxygen atoms in total. The van der Waals surface area contributed by atoms with E-state index in [9.17, 15) is 0 Å². The van der Waals surface area contributed by atoms with Gasteiger partial charge in [-0.3, -0.25) is 0 Å². The number of anilines is 3. The molecule has 1 aromatic carbocycles. The molecule has 20 heavy (non-hydrogen) atoms. The standard InChI is InChI=1S/C15H17N5/c1-3-8-17-14-9-11(2)18-15(20-14)19-13-7-5-4-6-12(13)10-16/h4-7,9H,3,8H2,1-2H3,(H2,17,18,19,20). The van der Waals surface area contributed by atoms with Crippen LogP contribution in [0.15, 0.2) is 30.3 Å². The second kappa shape index (κ2) is 6.53. The van der Waals surface area contributed by atoms with Crippen LogP contribution in [0.5, 0.6) is 0 Å². The minimum Gasteiger partial charge on any atom is -0.370 e. The molecule has 0 atom stereocenters. The molecule has 0 spiro atoms. The molecular weight excluding hydrogens is 250 g/mol. The van der Waals surface area contributed by atoms with Crippen molar-refractivity contribution in [1.29, 1.82) is 5.26 Å². The molecule has 0 saturated carbocycles. The van der Waals surface area contributed by atoms with Gasteiger partial charge in [0.25, 0.3) is 0 Å². The van der Waals surface area contributed by atoms with Crippen LogP contribution in [0.2, 0.25) is 0 Å². The highest BCUT2D eigenvalue weighted by Gasteiger charge is 2.05. The monoisotopic (exact) mass is 267 g/mol. The molecule has 102 valence electrons. The van der Waals surface area contributed by atoms with Crippen LogP contribution in [0.3, 0.4) is 0 Å². The highest BCUT2D eigenvalue weighted by molar-refractivity contribution is 5.63. The number of hydrogen-bond acceptors (Lipinski definition) is 5. The summed E-state index contributed by atoms with van der Waals surface area (Å²) in [5, 5.41) is 15.4. The van der Waals surface area contributed by atoms with Gasteiger partial charge in [-0.05, 0) is 25.5 Å². The van der Waals surface area contributed by atoms with Gasteiger partial charge in [0.2, 0.25) is 5.95 Å². The van der Waals surface area contributed by atoms with Crippen LogP contribution in [0.25, 0.3) is 0 Å². The summed E-state index contributed by atoms with van der Waals surface area (Å²) in [5.74, 6) is 1.28. The van der Waals surface area contributed by atoms with Crippen molar-refractivity contribution in [2.75, 3.05) is 17.2 Å². The number of rotatable bonds is 5. The topological polar surface area (TPSA) is 73.6 Å². The quantitative estimate of drug-likeness (QED) is 0.870. The maximum absolute atomic E-state index is 9.08. The number of nitrogens with zero attached hydrogens (tertiary/aromatic N) is 3. The third-order valence-electron chi connectivity index (χ3n) is 2.70. The fourth-order valence-corrected chi connectivity index (χ4v) is 1.78. The molecule has 2 aromatic rings. The SMILES string of the molecule is CCCNc1cc(C)nc(Nc2ccccc2C#N)n1. The molecular formula is C15H17N5. The Morgan fingerprint density at radius 3 is 2.80 bits per heavy atom. The Labute approximate surface area is 118 Å². The summed E-state index contributed by atoms with van der Waals surface area (Å²) >= 11 is 0. The average Bonchev–Trinajstić information content (AvgIpc) is 2.45. The zero-order chi connectivity index (χ0) is 14.4. The Morgan fingerprint density at radius 1 is 1.25 bits per heavy atom. The van der Waals surface area contributed by atoms with E-state index >= 15 is 0 Å². The van der Waals surface area contributed by atoms with Gasteiger partial charge in [-0.15, -0.1) is 0 Å². The molecule has 0 aliphatic rings. The summed E-state index contributed by atoms with van der Waals surface area (Å²) in [6.07, 6.45) is 1.03. The molecule has 5 heteroatoms. The molecule has 0 fully saturated rings. The molecule has 0 radical (unpaired) electrons. The first kappa shape index (κ1) is 13.8. The Balaban J connectivity index is 2.25. The lowest BCUT2D eigenvalue weighted by molar-refractivity contribution is 0.962. The van der Waals surface area contributed by atoms with Gasteiger partial charge in [-0.2, -0.15) is 10.2 Å². The van der Waals surface area contributed by atoms with E-state index in [1.54, 1.807) is 6.07 Å². The van der Waals surface area contributed by atoms with Gasteiger partial charge in [0, 0.05) is 18.3 Å². The second-order valence-electron chi connectivity index (χ2n) is 4.43. The van der Waals surface area contributed by atoms with Gasteiger partial charge >= 0.3 is 0 Å². The minimum absolute atomic E-state index is 0.492. The van der Waals surface area contributed by atoms with Crippen LogP contribution in [0.1, 0.15) is 24.6 Å². The molecule has 0 bridgehead atoms. The fourth-order valence-electron chi connectivity index (χ4n) is 1.78. The van der Waals surface area contributed by atoms with Crippen molar-refractivity contribution in [1.82, 2.24) is 9.97 Å². The Bertz CT molecular complexity index is 630. The van der Waals surface area contributed by atoms with Crippen LogP contribution in [0.4, 0.5) is 17.5 Å². The maximum Gasteiger partial charge on any atom is 0.229 e. The maximum atomic E-state index is 9.08. The normalized spacial score (nSPS) is 9.85. The van der Waals surface area contributed by atoms with E-state index in [1.807, 2.05) is 31.2 Å². The van der Waals surface area contributed by atoms with Gasteiger partial charge in [-0.1, -0.05) is 19.1 Å². The summed E-state index contributed by atoms with van der Waals surface area (Å²) in [6, 6.07) is 11.3. The molecule has 0 aliphatic heterocycles. The van der Waals surface area contributed by atoms with E-state index in [1.165, 1.54) is 0 Å². The highest BCUT2D eigenvalue weighted by atomic mass is 15.1. The third-order valence-corrected chi connectivity index (χ3v) is 2.70. The van der Waals surface area contributed by atoms with Crippen molar-refractivity contribution >= 4 is 17.5 Å². The third kappa shape index (κ3) is 3.45. The molecule has 1 aromatic heterocycles. The Morgan fingerprint density at radius 2 is 2.05 bits per heavy atom. The van der Waals surface area contributed by atoms with Crippen LogP contribution in [0, 0.1) is 18.3 Å². The first-order chi connectivity index (χ1) is 9.72. The van der Waals surface area contributed by atoms with E-state index < -0.39 is 0 Å². The highest BCUT2D eigenvalue weighted by Crippen LogP contribution is 2.19. The number of aromatic nitrogens is 2. The van der Waals surface area contributed by atoms with Gasteiger partial charge in [0.15, 0.2) is 0 Å². The Kier molecular flexibility index (Phi) is 4.51. The van der Waals surface area contributed by atoms with E-state index in [2.05, 4.69) is 33.6 Å². The predicted molar refractivity (Wildman–Crippen MR) is 80.0 cm³/mol. The predicted octanol–water partition coefficient (Wildman–Crippen LogP) is 3.22. The average molecular weight is 267 g/mol. The smallest absolute Gasteiger partial charge is 0.229 e. The zero-order valence-electron chi connectivity index (χ0n) is 11.6. The van der Waals surface area contributed by atoms with Gasteiger partial charge < -0.3 is 10.6 Å². The first-order valence-corrected chi connectivity index (χ1v) is 6.58. The molecule has 0 unspecified atom stereocenters. The second-order valence-corrected chi connectivity index (χ2v) is 4.43. The number of nitriles is 1. The summed E-state index contributed by atoms with van der Waals surface area (Å²) < 4.78 is 0. The first-order valence-electron chi connectivity index (χ1n) is 6.58. The van der Waals surface area contributed by atoms with Crippen molar-refractivity contribution in [3.05, 3.63) is 41.6 Å². The molecule has 0 aliphatic carbocycles. The number of benzene rings is 1.